The van der Waals surface area contributed by atoms with Gasteiger partial charge in [-0.3, -0.25) is 9.59 Å². The molecule has 0 rings (SSSR count). The van der Waals surface area contributed by atoms with Crippen molar-refractivity contribution in [2.75, 3.05) is 47.1 Å². The molecule has 8 heteroatoms. The van der Waals surface area contributed by atoms with Gasteiger partial charge in [0.05, 0.1) is 13.2 Å². The number of rotatable bonds is 12. The highest BCUT2D eigenvalue weighted by molar-refractivity contribution is 5.97. The molecule has 0 aliphatic carbocycles. The first-order valence-corrected chi connectivity index (χ1v) is 6.89. The standard InChI is InChI=1S/C14H23N3O5/c1-21-8-6-17(7-9-22-2)11-12(10-15)14(20)16-5-3-4-13(18)19/h11H,3-9H2,1-2H3,(H,16,20)(H,18,19)/b12-11-. The number of aliphatic carboxylic acids is 1. The van der Waals surface area contributed by atoms with Crippen LogP contribution in [0.25, 0.3) is 0 Å². The highest BCUT2D eigenvalue weighted by Gasteiger charge is 2.11. The van der Waals surface area contributed by atoms with Gasteiger partial charge in [-0.25, -0.2) is 0 Å². The highest BCUT2D eigenvalue weighted by Crippen LogP contribution is 1.99. The van der Waals surface area contributed by atoms with E-state index in [9.17, 15) is 9.59 Å². The van der Waals surface area contributed by atoms with Gasteiger partial charge in [-0.1, -0.05) is 0 Å². The van der Waals surface area contributed by atoms with Crippen LogP contribution in [0.15, 0.2) is 11.8 Å². The second kappa shape index (κ2) is 12.6. The van der Waals surface area contributed by atoms with Crippen molar-refractivity contribution in [2.45, 2.75) is 12.8 Å². The molecular weight excluding hydrogens is 290 g/mol. The summed E-state index contributed by atoms with van der Waals surface area (Å²) in [4.78, 5) is 24.0. The van der Waals surface area contributed by atoms with Crippen LogP contribution in [0.2, 0.25) is 0 Å². The Balaban J connectivity index is 4.54. The molecule has 0 saturated heterocycles. The molecule has 0 aliphatic rings. The Kier molecular flexibility index (Phi) is 11.4. The number of ether oxygens (including phenoxy) is 2. The van der Waals surface area contributed by atoms with Crippen molar-refractivity contribution >= 4 is 11.9 Å². The van der Waals surface area contributed by atoms with Gasteiger partial charge in [0.2, 0.25) is 0 Å². The number of carboxylic acid groups (broad SMARTS) is 1. The van der Waals surface area contributed by atoms with Crippen molar-refractivity contribution in [3.05, 3.63) is 11.8 Å². The van der Waals surface area contributed by atoms with Crippen LogP contribution < -0.4 is 5.32 Å². The molecule has 0 aromatic rings. The number of carbonyl (C=O) groups is 2. The SMILES string of the molecule is COCCN(/C=C(/C#N)C(=O)NCCCC(=O)O)CCOC. The van der Waals surface area contributed by atoms with Crippen LogP contribution in [-0.4, -0.2) is 69.0 Å². The van der Waals surface area contributed by atoms with Crippen LogP contribution in [-0.2, 0) is 19.1 Å². The summed E-state index contributed by atoms with van der Waals surface area (Å²) in [5, 5.41) is 20.1. The predicted molar refractivity (Wildman–Crippen MR) is 78.9 cm³/mol. The number of methoxy groups -OCH3 is 2. The van der Waals surface area contributed by atoms with E-state index in [1.165, 1.54) is 6.20 Å². The number of amides is 1. The molecule has 22 heavy (non-hydrogen) atoms. The van der Waals surface area contributed by atoms with Crippen molar-refractivity contribution in [2.24, 2.45) is 0 Å². The first-order valence-electron chi connectivity index (χ1n) is 6.89. The predicted octanol–water partition coefficient (Wildman–Crippen LogP) is -0.0303. The Labute approximate surface area is 130 Å². The Morgan fingerprint density at radius 1 is 1.27 bits per heavy atom. The van der Waals surface area contributed by atoms with E-state index in [4.69, 9.17) is 19.8 Å². The number of hydrogen-bond acceptors (Lipinski definition) is 6. The topological polar surface area (TPSA) is 112 Å². The normalized spacial score (nSPS) is 10.9. The van der Waals surface area contributed by atoms with E-state index in [-0.39, 0.29) is 18.5 Å². The second-order valence-corrected chi connectivity index (χ2v) is 4.43. The Hall–Kier alpha value is -2.11. The molecule has 0 aromatic heterocycles. The summed E-state index contributed by atoms with van der Waals surface area (Å²) in [6.07, 6.45) is 1.75. The second-order valence-electron chi connectivity index (χ2n) is 4.43. The molecule has 0 heterocycles. The summed E-state index contributed by atoms with van der Waals surface area (Å²) in [5.74, 6) is -1.44. The molecule has 0 spiro atoms. The number of carbonyl (C=O) groups excluding carboxylic acids is 1. The first kappa shape index (κ1) is 19.9. The number of nitriles is 1. The Morgan fingerprint density at radius 2 is 1.86 bits per heavy atom. The maximum absolute atomic E-state index is 11.9. The zero-order valence-corrected chi connectivity index (χ0v) is 13.0. The van der Waals surface area contributed by atoms with Gasteiger partial charge in [0.15, 0.2) is 0 Å². The maximum Gasteiger partial charge on any atom is 0.303 e. The van der Waals surface area contributed by atoms with Gasteiger partial charge >= 0.3 is 5.97 Å². The zero-order chi connectivity index (χ0) is 16.8. The molecule has 0 aliphatic heterocycles. The minimum atomic E-state index is -0.921. The average molecular weight is 313 g/mol. The van der Waals surface area contributed by atoms with Gasteiger partial charge in [-0.05, 0) is 6.42 Å². The van der Waals surface area contributed by atoms with E-state index in [1.54, 1.807) is 19.1 Å². The third-order valence-electron chi connectivity index (χ3n) is 2.69. The van der Waals surface area contributed by atoms with Crippen LogP contribution in [0, 0.1) is 11.3 Å². The molecule has 0 atom stereocenters. The lowest BCUT2D eigenvalue weighted by atomic mass is 10.2. The van der Waals surface area contributed by atoms with Gasteiger partial charge < -0.3 is 24.8 Å². The smallest absolute Gasteiger partial charge is 0.303 e. The van der Waals surface area contributed by atoms with Gasteiger partial charge in [0.1, 0.15) is 11.6 Å². The van der Waals surface area contributed by atoms with Crippen LogP contribution >= 0.6 is 0 Å². The van der Waals surface area contributed by atoms with E-state index in [1.807, 2.05) is 6.07 Å². The third-order valence-corrected chi connectivity index (χ3v) is 2.69. The number of carboxylic acids is 1. The minimum absolute atomic E-state index is 0.0281. The fourth-order valence-electron chi connectivity index (χ4n) is 1.52. The fourth-order valence-corrected chi connectivity index (χ4v) is 1.52. The number of hydrogen-bond donors (Lipinski definition) is 2. The van der Waals surface area contributed by atoms with E-state index in [0.29, 0.717) is 32.7 Å². The lowest BCUT2D eigenvalue weighted by Crippen LogP contribution is -2.30. The van der Waals surface area contributed by atoms with E-state index in [2.05, 4.69) is 5.32 Å². The van der Waals surface area contributed by atoms with Gasteiger partial charge in [-0.15, -0.1) is 0 Å². The van der Waals surface area contributed by atoms with Crippen LogP contribution in [0.5, 0.6) is 0 Å². The molecule has 0 saturated carbocycles. The molecule has 0 bridgehead atoms. The largest absolute Gasteiger partial charge is 0.481 e. The Bertz CT molecular complexity index is 409. The molecule has 8 nitrogen and oxygen atoms in total. The number of nitrogens with zero attached hydrogens (tertiary/aromatic N) is 2. The van der Waals surface area contributed by atoms with Crippen molar-refractivity contribution in [3.8, 4) is 6.07 Å². The van der Waals surface area contributed by atoms with Gasteiger partial charge in [0.25, 0.3) is 5.91 Å². The first-order chi connectivity index (χ1) is 10.5. The number of nitrogens with one attached hydrogen (secondary N) is 1. The monoisotopic (exact) mass is 313 g/mol. The fraction of sp³-hybridized carbons (Fsp3) is 0.643. The quantitative estimate of drug-likeness (QED) is 0.295. The molecule has 1 amide bonds. The molecule has 0 radical (unpaired) electrons. The van der Waals surface area contributed by atoms with Crippen LogP contribution in [0.3, 0.4) is 0 Å². The molecule has 0 unspecified atom stereocenters. The van der Waals surface area contributed by atoms with E-state index < -0.39 is 11.9 Å². The average Bonchev–Trinajstić information content (AvgIpc) is 2.50. The molecule has 124 valence electrons. The lowest BCUT2D eigenvalue weighted by Gasteiger charge is -2.20. The molecule has 0 aromatic carbocycles. The maximum atomic E-state index is 11.9. The molecule has 2 N–H and O–H groups in total. The van der Waals surface area contributed by atoms with Crippen molar-refractivity contribution in [3.63, 3.8) is 0 Å². The summed E-state index contributed by atoms with van der Waals surface area (Å²) < 4.78 is 9.96. The van der Waals surface area contributed by atoms with Gasteiger partial charge in [-0.2, -0.15) is 5.26 Å². The van der Waals surface area contributed by atoms with Crippen molar-refractivity contribution in [1.29, 1.82) is 5.26 Å². The highest BCUT2D eigenvalue weighted by atomic mass is 16.5. The summed E-state index contributed by atoms with van der Waals surface area (Å²) in [6.45, 7) is 2.17. The van der Waals surface area contributed by atoms with E-state index >= 15 is 0 Å². The Morgan fingerprint density at radius 3 is 2.32 bits per heavy atom. The van der Waals surface area contributed by atoms with Gasteiger partial charge in [0, 0.05) is 46.5 Å². The van der Waals surface area contributed by atoms with Crippen molar-refractivity contribution in [1.82, 2.24) is 10.2 Å². The van der Waals surface area contributed by atoms with Crippen LogP contribution in [0.1, 0.15) is 12.8 Å². The van der Waals surface area contributed by atoms with E-state index in [0.717, 1.165) is 0 Å². The summed E-state index contributed by atoms with van der Waals surface area (Å²) in [7, 11) is 3.14. The van der Waals surface area contributed by atoms with Crippen LogP contribution in [0.4, 0.5) is 0 Å². The third kappa shape index (κ3) is 9.74. The zero-order valence-electron chi connectivity index (χ0n) is 13.0. The van der Waals surface area contributed by atoms with Crippen molar-refractivity contribution < 1.29 is 24.2 Å². The summed E-state index contributed by atoms with van der Waals surface area (Å²) in [5.41, 5.74) is -0.0393. The lowest BCUT2D eigenvalue weighted by molar-refractivity contribution is -0.137. The minimum Gasteiger partial charge on any atom is -0.481 e. The summed E-state index contributed by atoms with van der Waals surface area (Å²) >= 11 is 0. The molecule has 0 fully saturated rings. The molecular formula is C14H23N3O5. The summed E-state index contributed by atoms with van der Waals surface area (Å²) in [6, 6.07) is 1.84.